The number of primary amides is 1. The molecule has 6 rings (SSSR count). The number of oxime groups is 1. The van der Waals surface area contributed by atoms with E-state index in [2.05, 4.69) is 5.16 Å². The van der Waals surface area contributed by atoms with E-state index in [1.165, 1.54) is 37.4 Å². The average Bonchev–Trinajstić information content (AvgIpc) is 3.14. The van der Waals surface area contributed by atoms with Crippen LogP contribution in [0, 0.1) is 24.4 Å². The number of hydrogen-bond acceptors (Lipinski definition) is 6. The van der Waals surface area contributed by atoms with Crippen molar-refractivity contribution in [1.29, 1.82) is 0 Å². The summed E-state index contributed by atoms with van der Waals surface area (Å²) >= 11 is 12.5. The van der Waals surface area contributed by atoms with Crippen molar-refractivity contribution in [3.8, 4) is 61.8 Å². The van der Waals surface area contributed by atoms with Crippen LogP contribution in [0.3, 0.4) is 0 Å². The van der Waals surface area contributed by atoms with Gasteiger partial charge in [-0.15, -0.1) is 0 Å². The maximum absolute atomic E-state index is 14.0. The van der Waals surface area contributed by atoms with E-state index >= 15 is 0 Å². The first-order chi connectivity index (χ1) is 26.5. The van der Waals surface area contributed by atoms with Crippen LogP contribution in [0.4, 0.5) is 13.2 Å². The zero-order valence-electron chi connectivity index (χ0n) is 30.5. The van der Waals surface area contributed by atoms with Crippen LogP contribution < -0.4 is 16.2 Å². The van der Waals surface area contributed by atoms with Crippen molar-refractivity contribution >= 4 is 34.9 Å². The first-order valence-corrected chi connectivity index (χ1v) is 17.7. The second-order valence-corrected chi connectivity index (χ2v) is 13.9. The van der Waals surface area contributed by atoms with Crippen LogP contribution >= 0.6 is 23.2 Å². The van der Waals surface area contributed by atoms with Crippen molar-refractivity contribution < 1.29 is 38.1 Å². The molecule has 0 bridgehead atoms. The van der Waals surface area contributed by atoms with E-state index in [0.29, 0.717) is 65.9 Å². The van der Waals surface area contributed by atoms with Gasteiger partial charge in [-0.1, -0.05) is 54.3 Å². The summed E-state index contributed by atoms with van der Waals surface area (Å²) in [5.41, 5.74) is 16.9. The van der Waals surface area contributed by atoms with Crippen molar-refractivity contribution in [3.05, 3.63) is 147 Å². The molecular formula is C43H36Cl2F3N3O5. The molecule has 0 aliphatic rings. The van der Waals surface area contributed by atoms with Gasteiger partial charge >= 0.3 is 0 Å². The molecule has 0 aliphatic carbocycles. The molecule has 0 heterocycles. The summed E-state index contributed by atoms with van der Waals surface area (Å²) in [7, 11) is 1.46. The lowest BCUT2D eigenvalue weighted by atomic mass is 9.88. The Kier molecular flexibility index (Phi) is 12.5. The highest BCUT2D eigenvalue weighted by Gasteiger charge is 2.22. The van der Waals surface area contributed by atoms with E-state index in [4.69, 9.17) is 39.4 Å². The van der Waals surface area contributed by atoms with Crippen molar-refractivity contribution in [2.45, 2.75) is 26.7 Å². The van der Waals surface area contributed by atoms with Crippen LogP contribution in [0.25, 0.3) is 44.5 Å². The highest BCUT2D eigenvalue weighted by Crippen LogP contribution is 2.43. The molecule has 288 valence electrons. The Hall–Kier alpha value is -6.17. The molecule has 0 spiro atoms. The lowest BCUT2D eigenvalue weighted by molar-refractivity contribution is 0.100. The molecule has 56 heavy (non-hydrogen) atoms. The second kappa shape index (κ2) is 17.1. The molecule has 6 aromatic rings. The topological polar surface area (TPSA) is 151 Å². The second-order valence-electron chi connectivity index (χ2n) is 13.0. The molecule has 0 aromatic heterocycles. The zero-order valence-corrected chi connectivity index (χ0v) is 32.0. The number of benzene rings is 6. The number of amidine groups is 1. The minimum Gasteiger partial charge on any atom is -0.508 e. The number of aryl methyl sites for hydroxylation is 1. The number of methoxy groups -OCH3 is 1. The number of halogens is 5. The predicted octanol–water partition coefficient (Wildman–Crippen LogP) is 10.8. The smallest absolute Gasteiger partial charge is 0.249 e. The Labute approximate surface area is 331 Å². The van der Waals surface area contributed by atoms with Crippen molar-refractivity contribution in [2.75, 3.05) is 7.11 Å². The van der Waals surface area contributed by atoms with Gasteiger partial charge in [-0.2, -0.15) is 0 Å². The van der Waals surface area contributed by atoms with Crippen molar-refractivity contribution in [2.24, 2.45) is 16.6 Å². The Bertz CT molecular complexity index is 2490. The number of ether oxygens (including phenoxy) is 1. The Morgan fingerprint density at radius 2 is 1.25 bits per heavy atom. The molecule has 0 radical (unpaired) electrons. The fraction of sp³-hybridized carbons (Fsp3) is 0.116. The number of carbonyl (C=O) groups is 1. The maximum atomic E-state index is 14.0. The summed E-state index contributed by atoms with van der Waals surface area (Å²) in [6.07, 6.45) is 0. The maximum Gasteiger partial charge on any atom is 0.249 e. The third-order valence-corrected chi connectivity index (χ3v) is 9.34. The molecule has 1 amide bonds. The summed E-state index contributed by atoms with van der Waals surface area (Å²) in [6.45, 7) is 5.61. The van der Waals surface area contributed by atoms with Crippen LogP contribution in [-0.4, -0.2) is 34.3 Å². The number of amides is 1. The van der Waals surface area contributed by atoms with Gasteiger partial charge in [-0.05, 0) is 131 Å². The van der Waals surface area contributed by atoms with Crippen LogP contribution in [0.2, 0.25) is 10.0 Å². The van der Waals surface area contributed by atoms with Crippen LogP contribution in [-0.2, 0) is 0 Å². The lowest BCUT2D eigenvalue weighted by Gasteiger charge is -2.18. The van der Waals surface area contributed by atoms with Gasteiger partial charge in [-0.25, -0.2) is 13.2 Å². The van der Waals surface area contributed by atoms with Gasteiger partial charge in [0.1, 0.15) is 34.7 Å². The molecule has 0 unspecified atom stereocenters. The van der Waals surface area contributed by atoms with Crippen molar-refractivity contribution in [1.82, 2.24) is 0 Å². The summed E-state index contributed by atoms with van der Waals surface area (Å²) in [5.74, 6) is -2.26. The number of nitrogens with two attached hydrogens (primary N) is 2. The number of phenolic OH excluding ortho intramolecular Hbond substituents is 2. The molecule has 0 fully saturated rings. The number of phenols is 2. The summed E-state index contributed by atoms with van der Waals surface area (Å²) in [5, 5.41) is 32.8. The van der Waals surface area contributed by atoms with Gasteiger partial charge in [0.25, 0.3) is 0 Å². The first kappa shape index (κ1) is 41.0. The van der Waals surface area contributed by atoms with E-state index < -0.39 is 23.4 Å². The molecule has 6 aromatic carbocycles. The largest absolute Gasteiger partial charge is 0.508 e. The normalized spacial score (nSPS) is 11.3. The average molecular weight is 803 g/mol. The van der Waals surface area contributed by atoms with E-state index in [-0.39, 0.29) is 39.9 Å². The molecule has 0 aliphatic heterocycles. The molecule has 8 nitrogen and oxygen atoms in total. The fourth-order valence-corrected chi connectivity index (χ4v) is 6.74. The Morgan fingerprint density at radius 1 is 0.679 bits per heavy atom. The number of rotatable bonds is 8. The third kappa shape index (κ3) is 8.86. The zero-order chi connectivity index (χ0) is 41.0. The summed E-state index contributed by atoms with van der Waals surface area (Å²) in [4.78, 5) is 12.1. The van der Waals surface area contributed by atoms with E-state index in [1.54, 1.807) is 55.5 Å². The number of aromatic hydroxyl groups is 2. The SMILES string of the molecule is CC(C)c1cc(-c2cc(Cl)cc(C(N)=NO)c2-c2cc(F)cc(F)c2)ccc1O.COc1ccc(F)cc1-c1c(C(N)=O)cc(Cl)cc1-c1ccc(O)c(C)c1. The number of hydrogen-bond donors (Lipinski definition) is 5. The van der Waals surface area contributed by atoms with Crippen LogP contribution in [0.5, 0.6) is 17.2 Å². The van der Waals surface area contributed by atoms with E-state index in [0.717, 1.165) is 18.2 Å². The van der Waals surface area contributed by atoms with Gasteiger partial charge in [0.2, 0.25) is 5.91 Å². The molecule has 13 heteroatoms. The van der Waals surface area contributed by atoms with E-state index in [1.807, 2.05) is 13.8 Å². The first-order valence-electron chi connectivity index (χ1n) is 16.9. The molecule has 7 N–H and O–H groups in total. The highest BCUT2D eigenvalue weighted by atomic mass is 35.5. The Balaban J connectivity index is 0.000000215. The van der Waals surface area contributed by atoms with Gasteiger partial charge in [0.05, 0.1) is 7.11 Å². The summed E-state index contributed by atoms with van der Waals surface area (Å²) < 4.78 is 47.3. The Morgan fingerprint density at radius 3 is 1.80 bits per heavy atom. The minimum absolute atomic E-state index is 0.0349. The number of carbonyl (C=O) groups excluding carboxylic acids is 1. The minimum atomic E-state index is -0.764. The van der Waals surface area contributed by atoms with Crippen molar-refractivity contribution in [3.63, 3.8) is 0 Å². The molecule has 0 saturated heterocycles. The number of nitrogens with zero attached hydrogens (tertiary/aromatic N) is 1. The van der Waals surface area contributed by atoms with Gasteiger partial charge in [0, 0.05) is 43.9 Å². The van der Waals surface area contributed by atoms with E-state index in [9.17, 15) is 33.4 Å². The molecule has 0 saturated carbocycles. The monoisotopic (exact) mass is 801 g/mol. The highest BCUT2D eigenvalue weighted by molar-refractivity contribution is 6.32. The standard InChI is InChI=1S/C22H19ClF2N2O2.C21H17ClFNO3/c1-11(2)17-7-12(3-4-20(17)28)18-8-14(23)9-19(22(26)27-29)21(18)13-5-15(24)10-16(25)6-13;1-11-7-12(3-5-18(11)25)15-8-13(22)9-17(21(24)26)20(15)16-10-14(23)4-6-19(16)27-2/h3-11,28-29H,1-2H3,(H2,26,27);3-10,25H,1-2H3,(H2,24,26). The van der Waals surface area contributed by atoms with Crippen LogP contribution in [0.15, 0.2) is 102 Å². The third-order valence-electron chi connectivity index (χ3n) is 8.91. The quantitative estimate of drug-likeness (QED) is 0.0447. The van der Waals surface area contributed by atoms with Gasteiger partial charge in [-0.3, -0.25) is 4.79 Å². The summed E-state index contributed by atoms with van der Waals surface area (Å²) in [6, 6.07) is 23.3. The molecular weight excluding hydrogens is 766 g/mol. The lowest BCUT2D eigenvalue weighted by Crippen LogP contribution is -2.15. The predicted molar refractivity (Wildman–Crippen MR) is 214 cm³/mol. The van der Waals surface area contributed by atoms with Gasteiger partial charge in [0.15, 0.2) is 5.84 Å². The van der Waals surface area contributed by atoms with Gasteiger partial charge < -0.3 is 31.6 Å². The fourth-order valence-electron chi connectivity index (χ4n) is 6.30. The van der Waals surface area contributed by atoms with Crippen LogP contribution in [0.1, 0.15) is 46.8 Å². The molecule has 0 atom stereocenters.